The molecule has 0 aliphatic heterocycles. The Kier molecular flexibility index (Phi) is 9.06. The first-order chi connectivity index (χ1) is 22.2. The summed E-state index contributed by atoms with van der Waals surface area (Å²) in [5.74, 6) is 2.43. The lowest BCUT2D eigenvalue weighted by Gasteiger charge is -2.72. The number of rotatable bonds is 10. The molecule has 47 heavy (non-hydrogen) atoms. The zero-order chi connectivity index (χ0) is 34.0. The molecule has 4 fully saturated rings. The van der Waals surface area contributed by atoms with Crippen molar-refractivity contribution in [3.8, 4) is 0 Å². The summed E-state index contributed by atoms with van der Waals surface area (Å²) in [6.45, 7) is 23.9. The van der Waals surface area contributed by atoms with Gasteiger partial charge in [-0.2, -0.15) is 0 Å². The van der Waals surface area contributed by atoms with Gasteiger partial charge in [0, 0.05) is 11.8 Å². The Balaban J connectivity index is 1.30. The van der Waals surface area contributed by atoms with E-state index in [9.17, 15) is 14.7 Å². The Morgan fingerprint density at radius 1 is 0.894 bits per heavy atom. The number of carbonyl (C=O) groups excluding carboxylic acids is 1. The predicted molar refractivity (Wildman–Crippen MR) is 193 cm³/mol. The minimum absolute atomic E-state index is 0.00739. The average Bonchev–Trinajstić information content (AvgIpc) is 3.42. The van der Waals surface area contributed by atoms with Crippen molar-refractivity contribution in [2.75, 3.05) is 13.1 Å². The van der Waals surface area contributed by atoms with Gasteiger partial charge in [0.05, 0.1) is 5.56 Å². The minimum Gasteiger partial charge on any atom is -0.478 e. The lowest BCUT2D eigenvalue weighted by atomic mass is 9.32. The number of hydrogen-bond donors (Lipinski definition) is 2. The summed E-state index contributed by atoms with van der Waals surface area (Å²) in [6.07, 6.45) is 15.9. The highest BCUT2D eigenvalue weighted by atomic mass is 16.4. The van der Waals surface area contributed by atoms with Crippen LogP contribution < -0.4 is 5.32 Å². The number of aromatic carboxylic acids is 1. The third-order valence-electron chi connectivity index (χ3n) is 15.8. The van der Waals surface area contributed by atoms with Gasteiger partial charge in [-0.05, 0) is 165 Å². The van der Waals surface area contributed by atoms with Crippen LogP contribution >= 0.6 is 0 Å². The van der Waals surface area contributed by atoms with Crippen LogP contribution in [0.5, 0.6) is 0 Å². The Hall–Kier alpha value is -2.20. The van der Waals surface area contributed by atoms with Crippen LogP contribution in [0.1, 0.15) is 141 Å². The van der Waals surface area contributed by atoms with Gasteiger partial charge in [-0.25, -0.2) is 4.79 Å². The second kappa shape index (κ2) is 12.3. The summed E-state index contributed by atoms with van der Waals surface area (Å²) in [7, 11) is 0. The van der Waals surface area contributed by atoms with Crippen molar-refractivity contribution in [3.05, 3.63) is 53.6 Å². The van der Waals surface area contributed by atoms with E-state index >= 15 is 0 Å². The van der Waals surface area contributed by atoms with Crippen LogP contribution in [0.25, 0.3) is 5.57 Å². The zero-order valence-corrected chi connectivity index (χ0v) is 30.6. The number of fused-ring (bicyclic) bond motifs is 7. The van der Waals surface area contributed by atoms with Gasteiger partial charge in [-0.3, -0.25) is 4.79 Å². The quantitative estimate of drug-likeness (QED) is 0.197. The van der Waals surface area contributed by atoms with E-state index in [1.54, 1.807) is 12.1 Å². The summed E-state index contributed by atoms with van der Waals surface area (Å²) >= 11 is 0. The maximum Gasteiger partial charge on any atom is 0.335 e. The van der Waals surface area contributed by atoms with E-state index in [0.29, 0.717) is 40.9 Å². The summed E-state index contributed by atoms with van der Waals surface area (Å²) in [5.41, 5.74) is 4.77. The number of hydrogen-bond acceptors (Lipinski definition) is 3. The van der Waals surface area contributed by atoms with Crippen molar-refractivity contribution in [2.45, 2.75) is 126 Å². The van der Waals surface area contributed by atoms with Crippen LogP contribution in [-0.2, 0) is 4.79 Å². The largest absolute Gasteiger partial charge is 0.478 e. The fourth-order valence-corrected chi connectivity index (χ4v) is 13.4. The Morgan fingerprint density at radius 3 is 2.28 bits per heavy atom. The van der Waals surface area contributed by atoms with E-state index in [2.05, 4.69) is 66.4 Å². The Labute approximate surface area is 285 Å². The van der Waals surface area contributed by atoms with Crippen molar-refractivity contribution >= 4 is 17.3 Å². The number of allylic oxidation sites excluding steroid dienone is 3. The van der Waals surface area contributed by atoms with Crippen LogP contribution in [0, 0.1) is 56.7 Å². The number of nitrogens with one attached hydrogen (secondary N) is 1. The lowest BCUT2D eigenvalue weighted by molar-refractivity contribution is -0.224. The normalized spacial score (nSPS) is 40.3. The van der Waals surface area contributed by atoms with Crippen LogP contribution in [0.15, 0.2) is 42.5 Å². The summed E-state index contributed by atoms with van der Waals surface area (Å²) in [5, 5.41) is 13.0. The van der Waals surface area contributed by atoms with Gasteiger partial charge in [0.25, 0.3) is 0 Å². The van der Waals surface area contributed by atoms with Gasteiger partial charge in [-0.15, -0.1) is 0 Å². The summed E-state index contributed by atoms with van der Waals surface area (Å²) in [6, 6.07) is 7.58. The minimum atomic E-state index is -0.868. The molecular weight excluding hydrogens is 578 g/mol. The van der Waals surface area contributed by atoms with Gasteiger partial charge in [0.2, 0.25) is 0 Å². The molecule has 0 aromatic heterocycles. The van der Waals surface area contributed by atoms with Crippen LogP contribution in [0.2, 0.25) is 0 Å². The predicted octanol–water partition coefficient (Wildman–Crippen LogP) is 10.4. The van der Waals surface area contributed by atoms with E-state index in [4.69, 9.17) is 0 Å². The number of carboxylic acid groups (broad SMARTS) is 1. The van der Waals surface area contributed by atoms with Gasteiger partial charge in [0.1, 0.15) is 5.78 Å². The number of benzene rings is 1. The molecule has 4 heteroatoms. The van der Waals surface area contributed by atoms with Crippen LogP contribution in [-0.4, -0.2) is 29.9 Å². The standard InChI is InChI=1S/C43H63NO3/c1-9-26-44-27-10-11-36(45)43-23-18-31(28(2)3)37(43)33-16-17-35-40(6)21-19-32(29-12-14-30(15-13-29)38(46)47)39(4,5)34(40)20-22-42(35,8)41(33,7)24-25-43/h12-15,19,31,33-35,37,44H,2,9-11,16-18,20-27H2,1,3-8H3,(H,46,47)/t31-,33+,34-,35+,37+,40-,41+,42+,43+/m0/s1. The molecule has 0 unspecified atom stereocenters. The molecule has 9 atom stereocenters. The average molecular weight is 642 g/mol. The molecule has 4 saturated carbocycles. The first-order valence-corrected chi connectivity index (χ1v) is 19.1. The first kappa shape index (κ1) is 34.7. The number of ketones is 1. The maximum absolute atomic E-state index is 14.4. The van der Waals surface area contributed by atoms with Crippen molar-refractivity contribution in [1.82, 2.24) is 5.32 Å². The molecule has 5 aliphatic rings. The van der Waals surface area contributed by atoms with Crippen molar-refractivity contribution < 1.29 is 14.7 Å². The Bertz CT molecular complexity index is 1420. The van der Waals surface area contributed by atoms with E-state index in [0.717, 1.165) is 58.0 Å². The van der Waals surface area contributed by atoms with Gasteiger partial charge >= 0.3 is 5.97 Å². The SMILES string of the molecule is C=C(C)[C@@H]1CC[C@]2(C(=O)CCCNCCC)CC[C@]3(C)[C@H](CC[C@@H]4[C@@]5(C)CC=C(c6ccc(C(=O)O)cc6)C(C)(C)[C@@H]5CC[C@]43C)[C@@H]12. The number of Topliss-reactive ketones (excluding diaryl/α,β-unsaturated/α-hetero) is 1. The van der Waals surface area contributed by atoms with Crippen molar-refractivity contribution in [3.63, 3.8) is 0 Å². The smallest absolute Gasteiger partial charge is 0.335 e. The van der Waals surface area contributed by atoms with E-state index in [1.165, 1.54) is 48.8 Å². The highest BCUT2D eigenvalue weighted by molar-refractivity contribution is 5.88. The van der Waals surface area contributed by atoms with Gasteiger partial charge < -0.3 is 10.4 Å². The fourth-order valence-electron chi connectivity index (χ4n) is 13.4. The number of carbonyl (C=O) groups is 2. The van der Waals surface area contributed by atoms with Gasteiger partial charge in [0.15, 0.2) is 0 Å². The first-order valence-electron chi connectivity index (χ1n) is 19.1. The fraction of sp³-hybridized carbons (Fsp3) is 0.721. The van der Waals surface area contributed by atoms with Gasteiger partial charge in [-0.1, -0.05) is 71.9 Å². The number of carboxylic acids is 1. The lowest BCUT2D eigenvalue weighted by Crippen LogP contribution is -2.65. The molecule has 0 heterocycles. The topological polar surface area (TPSA) is 66.4 Å². The molecule has 0 saturated heterocycles. The second-order valence-corrected chi connectivity index (χ2v) is 18.0. The van der Waals surface area contributed by atoms with E-state index < -0.39 is 5.97 Å². The maximum atomic E-state index is 14.4. The molecule has 4 nitrogen and oxygen atoms in total. The van der Waals surface area contributed by atoms with Crippen LogP contribution in [0.4, 0.5) is 0 Å². The van der Waals surface area contributed by atoms with Crippen molar-refractivity contribution in [2.24, 2.45) is 56.7 Å². The molecule has 0 spiro atoms. The molecule has 0 radical (unpaired) electrons. The van der Waals surface area contributed by atoms with Crippen LogP contribution in [0.3, 0.4) is 0 Å². The molecule has 0 bridgehead atoms. The third kappa shape index (κ3) is 5.16. The second-order valence-electron chi connectivity index (χ2n) is 18.0. The summed E-state index contributed by atoms with van der Waals surface area (Å²) in [4.78, 5) is 25.9. The molecule has 0 amide bonds. The van der Waals surface area contributed by atoms with E-state index in [1.807, 2.05) is 12.1 Å². The van der Waals surface area contributed by atoms with Crippen molar-refractivity contribution in [1.29, 1.82) is 0 Å². The highest BCUT2D eigenvalue weighted by Gasteiger charge is 2.71. The highest BCUT2D eigenvalue weighted by Crippen LogP contribution is 2.78. The molecule has 258 valence electrons. The molecule has 6 rings (SSSR count). The molecular formula is C43H63NO3. The molecule has 1 aromatic rings. The van der Waals surface area contributed by atoms with E-state index in [-0.39, 0.29) is 27.1 Å². The summed E-state index contributed by atoms with van der Waals surface area (Å²) < 4.78 is 0. The zero-order valence-electron chi connectivity index (χ0n) is 30.6. The molecule has 5 aliphatic carbocycles. The monoisotopic (exact) mass is 641 g/mol. The molecule has 2 N–H and O–H groups in total. The Morgan fingerprint density at radius 2 is 1.62 bits per heavy atom. The third-order valence-corrected chi connectivity index (χ3v) is 15.8. The molecule has 1 aromatic carbocycles.